The van der Waals surface area contributed by atoms with Gasteiger partial charge in [-0.2, -0.15) is 0 Å². The molecule has 0 fully saturated rings. The molecular formula is C9H13BrN2. The first-order valence-corrected chi connectivity index (χ1v) is 4.79. The van der Waals surface area contributed by atoms with Gasteiger partial charge >= 0.3 is 0 Å². The molecule has 0 aliphatic carbocycles. The molecule has 0 unspecified atom stereocenters. The highest BCUT2D eigenvalue weighted by molar-refractivity contribution is 9.10. The van der Waals surface area contributed by atoms with Gasteiger partial charge in [0.05, 0.1) is 0 Å². The standard InChI is InChI=1S/C9H13BrN2/c1-3-12(2)7-8-4-9(10)6-11-5-8/h4-6H,3,7H2,1-2H3. The van der Waals surface area contributed by atoms with Crippen molar-refractivity contribution in [1.82, 2.24) is 9.88 Å². The Bertz CT molecular complexity index is 250. The quantitative estimate of drug-likeness (QED) is 0.790. The first-order chi connectivity index (χ1) is 5.72. The molecule has 12 heavy (non-hydrogen) atoms. The van der Waals surface area contributed by atoms with Crippen LogP contribution >= 0.6 is 15.9 Å². The van der Waals surface area contributed by atoms with Crippen LogP contribution in [0.15, 0.2) is 22.9 Å². The summed E-state index contributed by atoms with van der Waals surface area (Å²) < 4.78 is 1.05. The topological polar surface area (TPSA) is 16.1 Å². The molecule has 0 aliphatic heterocycles. The fourth-order valence-corrected chi connectivity index (χ4v) is 1.38. The predicted molar refractivity (Wildman–Crippen MR) is 53.9 cm³/mol. The average Bonchev–Trinajstić information content (AvgIpc) is 2.04. The van der Waals surface area contributed by atoms with Crippen molar-refractivity contribution in [3.05, 3.63) is 28.5 Å². The molecule has 1 aromatic heterocycles. The molecule has 0 bridgehead atoms. The molecule has 1 aromatic rings. The Morgan fingerprint density at radius 3 is 2.83 bits per heavy atom. The lowest BCUT2D eigenvalue weighted by Gasteiger charge is -2.13. The highest BCUT2D eigenvalue weighted by atomic mass is 79.9. The lowest BCUT2D eigenvalue weighted by Crippen LogP contribution is -2.16. The molecule has 0 radical (unpaired) electrons. The molecule has 0 amide bonds. The number of hydrogen-bond donors (Lipinski definition) is 0. The van der Waals surface area contributed by atoms with E-state index in [9.17, 15) is 0 Å². The molecule has 2 nitrogen and oxygen atoms in total. The molecule has 0 saturated carbocycles. The van der Waals surface area contributed by atoms with E-state index >= 15 is 0 Å². The molecule has 0 atom stereocenters. The minimum absolute atomic E-state index is 0.961. The largest absolute Gasteiger partial charge is 0.302 e. The highest BCUT2D eigenvalue weighted by Gasteiger charge is 1.97. The highest BCUT2D eigenvalue weighted by Crippen LogP contribution is 2.10. The zero-order valence-corrected chi connectivity index (χ0v) is 9.00. The molecule has 66 valence electrons. The number of hydrogen-bond acceptors (Lipinski definition) is 2. The second-order valence-corrected chi connectivity index (χ2v) is 3.76. The van der Waals surface area contributed by atoms with Crippen LogP contribution in [0.5, 0.6) is 0 Å². The summed E-state index contributed by atoms with van der Waals surface area (Å²) in [5.41, 5.74) is 1.24. The van der Waals surface area contributed by atoms with Gasteiger partial charge in [-0.05, 0) is 41.2 Å². The number of rotatable bonds is 3. The molecule has 0 spiro atoms. The monoisotopic (exact) mass is 228 g/mol. The van der Waals surface area contributed by atoms with Crippen LogP contribution < -0.4 is 0 Å². The van der Waals surface area contributed by atoms with Gasteiger partial charge in [0, 0.05) is 23.4 Å². The van der Waals surface area contributed by atoms with E-state index in [-0.39, 0.29) is 0 Å². The van der Waals surface area contributed by atoms with E-state index in [1.54, 1.807) is 6.20 Å². The maximum absolute atomic E-state index is 4.10. The van der Waals surface area contributed by atoms with Gasteiger partial charge in [-0.3, -0.25) is 4.98 Å². The Morgan fingerprint density at radius 2 is 2.25 bits per heavy atom. The number of aromatic nitrogens is 1. The summed E-state index contributed by atoms with van der Waals surface area (Å²) in [6, 6.07) is 2.10. The van der Waals surface area contributed by atoms with E-state index in [4.69, 9.17) is 0 Å². The third-order valence-corrected chi connectivity index (χ3v) is 2.19. The first-order valence-electron chi connectivity index (χ1n) is 4.00. The Kier molecular flexibility index (Phi) is 3.69. The number of halogens is 1. The third-order valence-electron chi connectivity index (χ3n) is 1.75. The summed E-state index contributed by atoms with van der Waals surface area (Å²) in [7, 11) is 2.10. The zero-order valence-electron chi connectivity index (χ0n) is 7.42. The van der Waals surface area contributed by atoms with E-state index in [2.05, 4.69) is 45.9 Å². The Balaban J connectivity index is 2.63. The summed E-state index contributed by atoms with van der Waals surface area (Å²) in [6.45, 7) is 4.17. The van der Waals surface area contributed by atoms with Crippen LogP contribution in [-0.2, 0) is 6.54 Å². The van der Waals surface area contributed by atoms with Crippen molar-refractivity contribution >= 4 is 15.9 Å². The Morgan fingerprint density at radius 1 is 1.50 bits per heavy atom. The summed E-state index contributed by atoms with van der Waals surface area (Å²) >= 11 is 3.39. The number of pyridine rings is 1. The maximum atomic E-state index is 4.10. The summed E-state index contributed by atoms with van der Waals surface area (Å²) in [6.07, 6.45) is 3.70. The SMILES string of the molecule is CCN(C)Cc1cncc(Br)c1. The van der Waals surface area contributed by atoms with Crippen molar-refractivity contribution in [3.8, 4) is 0 Å². The summed E-state index contributed by atoms with van der Waals surface area (Å²) in [5, 5.41) is 0. The minimum Gasteiger partial charge on any atom is -0.302 e. The maximum Gasteiger partial charge on any atom is 0.0410 e. The molecule has 1 rings (SSSR count). The Hall–Kier alpha value is -0.410. The molecular weight excluding hydrogens is 216 g/mol. The van der Waals surface area contributed by atoms with Gasteiger partial charge in [-0.25, -0.2) is 0 Å². The van der Waals surface area contributed by atoms with E-state index < -0.39 is 0 Å². The van der Waals surface area contributed by atoms with Gasteiger partial charge < -0.3 is 4.90 Å². The van der Waals surface area contributed by atoms with Gasteiger partial charge in [0.25, 0.3) is 0 Å². The summed E-state index contributed by atoms with van der Waals surface area (Å²) in [5.74, 6) is 0. The fraction of sp³-hybridized carbons (Fsp3) is 0.444. The van der Waals surface area contributed by atoms with Crippen molar-refractivity contribution < 1.29 is 0 Å². The van der Waals surface area contributed by atoms with Gasteiger partial charge in [0.15, 0.2) is 0 Å². The van der Waals surface area contributed by atoms with Crippen LogP contribution in [-0.4, -0.2) is 23.5 Å². The molecule has 1 heterocycles. The normalized spacial score (nSPS) is 10.7. The Labute approximate surface area is 81.7 Å². The van der Waals surface area contributed by atoms with Crippen molar-refractivity contribution in [1.29, 1.82) is 0 Å². The van der Waals surface area contributed by atoms with Crippen LogP contribution in [0.1, 0.15) is 12.5 Å². The van der Waals surface area contributed by atoms with Gasteiger partial charge in [-0.1, -0.05) is 6.92 Å². The van der Waals surface area contributed by atoms with E-state index in [0.29, 0.717) is 0 Å². The lowest BCUT2D eigenvalue weighted by molar-refractivity contribution is 0.345. The average molecular weight is 229 g/mol. The summed E-state index contributed by atoms with van der Waals surface area (Å²) in [4.78, 5) is 6.34. The molecule has 0 N–H and O–H groups in total. The second-order valence-electron chi connectivity index (χ2n) is 2.84. The van der Waals surface area contributed by atoms with Crippen LogP contribution in [0, 0.1) is 0 Å². The fourth-order valence-electron chi connectivity index (χ4n) is 0.966. The van der Waals surface area contributed by atoms with Crippen molar-refractivity contribution in [2.75, 3.05) is 13.6 Å². The second kappa shape index (κ2) is 4.58. The van der Waals surface area contributed by atoms with Crippen LogP contribution in [0.2, 0.25) is 0 Å². The molecule has 0 aromatic carbocycles. The van der Waals surface area contributed by atoms with Crippen molar-refractivity contribution in [2.24, 2.45) is 0 Å². The van der Waals surface area contributed by atoms with Crippen LogP contribution in [0.25, 0.3) is 0 Å². The van der Waals surface area contributed by atoms with E-state index in [1.165, 1.54) is 5.56 Å². The number of nitrogens with zero attached hydrogens (tertiary/aromatic N) is 2. The van der Waals surface area contributed by atoms with Gasteiger partial charge in [0.2, 0.25) is 0 Å². The smallest absolute Gasteiger partial charge is 0.0410 e. The van der Waals surface area contributed by atoms with Gasteiger partial charge in [-0.15, -0.1) is 0 Å². The zero-order chi connectivity index (χ0) is 8.97. The lowest BCUT2D eigenvalue weighted by atomic mass is 10.3. The van der Waals surface area contributed by atoms with E-state index in [1.807, 2.05) is 6.20 Å². The predicted octanol–water partition coefficient (Wildman–Crippen LogP) is 2.30. The van der Waals surface area contributed by atoms with Gasteiger partial charge in [0.1, 0.15) is 0 Å². The molecule has 0 aliphatic rings. The third kappa shape index (κ3) is 2.91. The van der Waals surface area contributed by atoms with Crippen molar-refractivity contribution in [3.63, 3.8) is 0 Å². The van der Waals surface area contributed by atoms with Crippen LogP contribution in [0.3, 0.4) is 0 Å². The molecule has 3 heteroatoms. The van der Waals surface area contributed by atoms with Crippen molar-refractivity contribution in [2.45, 2.75) is 13.5 Å². The van der Waals surface area contributed by atoms with E-state index in [0.717, 1.165) is 17.6 Å². The minimum atomic E-state index is 0.961. The van der Waals surface area contributed by atoms with Crippen LogP contribution in [0.4, 0.5) is 0 Å². The first kappa shape index (κ1) is 9.68. The molecule has 0 saturated heterocycles.